The zero-order valence-electron chi connectivity index (χ0n) is 9.41. The van der Waals surface area contributed by atoms with Crippen LogP contribution in [0.5, 0.6) is 0 Å². The van der Waals surface area contributed by atoms with Crippen molar-refractivity contribution < 1.29 is 4.39 Å². The molecule has 0 aliphatic heterocycles. The molecule has 84 valence electrons. The van der Waals surface area contributed by atoms with Crippen LogP contribution in [0.2, 0.25) is 0 Å². The molecule has 3 heteroatoms. The molecule has 1 aromatic rings. The first kappa shape index (κ1) is 12.0. The lowest BCUT2D eigenvalue weighted by molar-refractivity contribution is 0.619. The molecule has 0 amide bonds. The van der Waals surface area contributed by atoms with E-state index in [9.17, 15) is 4.39 Å². The van der Waals surface area contributed by atoms with Gasteiger partial charge in [0.15, 0.2) is 0 Å². The lowest BCUT2D eigenvalue weighted by Gasteiger charge is -2.19. The first-order valence-corrected chi connectivity index (χ1v) is 5.32. The Morgan fingerprint density at radius 1 is 1.33 bits per heavy atom. The third-order valence-electron chi connectivity index (χ3n) is 2.42. The Morgan fingerprint density at radius 3 is 2.47 bits per heavy atom. The van der Waals surface area contributed by atoms with Crippen molar-refractivity contribution in [3.8, 4) is 0 Å². The first-order valence-electron chi connectivity index (χ1n) is 5.32. The summed E-state index contributed by atoms with van der Waals surface area (Å²) in [7, 11) is 2.01. The Labute approximate surface area is 90.9 Å². The van der Waals surface area contributed by atoms with Gasteiger partial charge in [-0.3, -0.25) is 0 Å². The van der Waals surface area contributed by atoms with Crippen LogP contribution in [0.1, 0.15) is 19.8 Å². The van der Waals surface area contributed by atoms with Gasteiger partial charge in [0.25, 0.3) is 0 Å². The standard InChI is InChI=1S/C12H19FN2/c1-10(14)4-3-9-15(2)12-7-5-11(13)6-8-12/h5-8,10H,3-4,9,14H2,1-2H3. The van der Waals surface area contributed by atoms with Gasteiger partial charge in [0.2, 0.25) is 0 Å². The van der Waals surface area contributed by atoms with E-state index in [0.29, 0.717) is 0 Å². The molecular formula is C12H19FN2. The Morgan fingerprint density at radius 2 is 1.93 bits per heavy atom. The number of nitrogens with zero attached hydrogens (tertiary/aromatic N) is 1. The molecule has 0 spiro atoms. The van der Waals surface area contributed by atoms with Crippen LogP contribution < -0.4 is 10.6 Å². The number of hydrogen-bond acceptors (Lipinski definition) is 2. The van der Waals surface area contributed by atoms with Crippen molar-refractivity contribution in [2.75, 3.05) is 18.5 Å². The Hall–Kier alpha value is -1.09. The number of benzene rings is 1. The van der Waals surface area contributed by atoms with Crippen LogP contribution in [0.3, 0.4) is 0 Å². The molecule has 0 aromatic heterocycles. The fraction of sp³-hybridized carbons (Fsp3) is 0.500. The van der Waals surface area contributed by atoms with Crippen LogP contribution in [-0.4, -0.2) is 19.6 Å². The minimum absolute atomic E-state index is 0.192. The van der Waals surface area contributed by atoms with Gasteiger partial charge >= 0.3 is 0 Å². The molecule has 0 bridgehead atoms. The average molecular weight is 210 g/mol. The second-order valence-corrected chi connectivity index (χ2v) is 4.02. The maximum absolute atomic E-state index is 12.7. The molecule has 0 heterocycles. The molecule has 0 radical (unpaired) electrons. The summed E-state index contributed by atoms with van der Waals surface area (Å²) in [6.45, 7) is 2.96. The highest BCUT2D eigenvalue weighted by atomic mass is 19.1. The SMILES string of the molecule is CC(N)CCCN(C)c1ccc(F)cc1. The summed E-state index contributed by atoms with van der Waals surface area (Å²) < 4.78 is 12.7. The molecule has 0 aliphatic carbocycles. The summed E-state index contributed by atoms with van der Waals surface area (Å²) in [5, 5.41) is 0. The molecule has 2 nitrogen and oxygen atoms in total. The van der Waals surface area contributed by atoms with Crippen molar-refractivity contribution in [3.05, 3.63) is 30.1 Å². The zero-order chi connectivity index (χ0) is 11.3. The molecule has 1 unspecified atom stereocenters. The zero-order valence-corrected chi connectivity index (χ0v) is 9.41. The van der Waals surface area contributed by atoms with E-state index in [1.165, 1.54) is 12.1 Å². The van der Waals surface area contributed by atoms with E-state index >= 15 is 0 Å². The van der Waals surface area contributed by atoms with E-state index in [1.54, 1.807) is 12.1 Å². The lowest BCUT2D eigenvalue weighted by atomic mass is 10.2. The molecule has 1 atom stereocenters. The molecule has 2 N–H and O–H groups in total. The summed E-state index contributed by atoms with van der Waals surface area (Å²) in [6, 6.07) is 6.81. The maximum atomic E-state index is 12.7. The van der Waals surface area contributed by atoms with Gasteiger partial charge in [-0.25, -0.2) is 4.39 Å². The van der Waals surface area contributed by atoms with Crippen molar-refractivity contribution in [1.29, 1.82) is 0 Å². The van der Waals surface area contributed by atoms with Crippen LogP contribution in [0.4, 0.5) is 10.1 Å². The van der Waals surface area contributed by atoms with Crippen molar-refractivity contribution >= 4 is 5.69 Å². The van der Waals surface area contributed by atoms with Crippen LogP contribution in [0.25, 0.3) is 0 Å². The van der Waals surface area contributed by atoms with Crippen LogP contribution in [0, 0.1) is 5.82 Å². The molecule has 1 aromatic carbocycles. The maximum Gasteiger partial charge on any atom is 0.123 e. The highest BCUT2D eigenvalue weighted by molar-refractivity contribution is 5.45. The summed E-state index contributed by atoms with van der Waals surface area (Å²) in [6.07, 6.45) is 2.08. The van der Waals surface area contributed by atoms with E-state index in [1.807, 2.05) is 14.0 Å². The molecule has 0 saturated heterocycles. The second kappa shape index (κ2) is 5.71. The largest absolute Gasteiger partial charge is 0.375 e. The quantitative estimate of drug-likeness (QED) is 0.808. The molecule has 1 rings (SSSR count). The minimum atomic E-state index is -0.192. The molecule has 15 heavy (non-hydrogen) atoms. The fourth-order valence-electron chi connectivity index (χ4n) is 1.48. The van der Waals surface area contributed by atoms with Crippen molar-refractivity contribution in [3.63, 3.8) is 0 Å². The van der Waals surface area contributed by atoms with Gasteiger partial charge < -0.3 is 10.6 Å². The van der Waals surface area contributed by atoms with E-state index in [2.05, 4.69) is 4.90 Å². The molecular weight excluding hydrogens is 191 g/mol. The normalized spacial score (nSPS) is 12.5. The summed E-state index contributed by atoms with van der Waals surface area (Å²) >= 11 is 0. The average Bonchev–Trinajstić information content (AvgIpc) is 2.18. The predicted octanol–water partition coefficient (Wildman–Crippen LogP) is 2.39. The van der Waals surface area contributed by atoms with Crippen LogP contribution in [-0.2, 0) is 0 Å². The molecule has 0 aliphatic rings. The van der Waals surface area contributed by atoms with Crippen molar-refractivity contribution in [2.45, 2.75) is 25.8 Å². The Bertz CT molecular complexity index is 282. The Kier molecular flexibility index (Phi) is 4.56. The molecule has 0 fully saturated rings. The lowest BCUT2D eigenvalue weighted by Crippen LogP contribution is -2.21. The van der Waals surface area contributed by atoms with E-state index in [4.69, 9.17) is 5.73 Å². The van der Waals surface area contributed by atoms with Gasteiger partial charge in [0.1, 0.15) is 5.82 Å². The second-order valence-electron chi connectivity index (χ2n) is 4.02. The van der Waals surface area contributed by atoms with Crippen LogP contribution >= 0.6 is 0 Å². The summed E-state index contributed by atoms with van der Waals surface area (Å²) in [5.74, 6) is -0.192. The summed E-state index contributed by atoms with van der Waals surface area (Å²) in [4.78, 5) is 2.11. The van der Waals surface area contributed by atoms with Gasteiger partial charge in [-0.05, 0) is 44.0 Å². The van der Waals surface area contributed by atoms with Crippen molar-refractivity contribution in [1.82, 2.24) is 0 Å². The number of hydrogen-bond donors (Lipinski definition) is 1. The minimum Gasteiger partial charge on any atom is -0.375 e. The fourth-order valence-corrected chi connectivity index (χ4v) is 1.48. The van der Waals surface area contributed by atoms with Gasteiger partial charge in [0.05, 0.1) is 0 Å². The van der Waals surface area contributed by atoms with Gasteiger partial charge in [-0.1, -0.05) is 0 Å². The van der Waals surface area contributed by atoms with Crippen LogP contribution in [0.15, 0.2) is 24.3 Å². The number of anilines is 1. The Balaban J connectivity index is 2.40. The van der Waals surface area contributed by atoms with Crippen molar-refractivity contribution in [2.24, 2.45) is 5.73 Å². The molecule has 0 saturated carbocycles. The topological polar surface area (TPSA) is 29.3 Å². The first-order chi connectivity index (χ1) is 7.09. The van der Waals surface area contributed by atoms with E-state index in [-0.39, 0.29) is 11.9 Å². The third-order valence-corrected chi connectivity index (χ3v) is 2.42. The van der Waals surface area contributed by atoms with E-state index in [0.717, 1.165) is 25.1 Å². The van der Waals surface area contributed by atoms with Gasteiger partial charge in [0, 0.05) is 25.3 Å². The number of rotatable bonds is 5. The number of halogens is 1. The highest BCUT2D eigenvalue weighted by Crippen LogP contribution is 2.13. The highest BCUT2D eigenvalue weighted by Gasteiger charge is 2.01. The van der Waals surface area contributed by atoms with Gasteiger partial charge in [-0.2, -0.15) is 0 Å². The monoisotopic (exact) mass is 210 g/mol. The smallest absolute Gasteiger partial charge is 0.123 e. The van der Waals surface area contributed by atoms with E-state index < -0.39 is 0 Å². The number of nitrogens with two attached hydrogens (primary N) is 1. The third kappa shape index (κ3) is 4.30. The predicted molar refractivity (Wildman–Crippen MR) is 62.6 cm³/mol. The van der Waals surface area contributed by atoms with Gasteiger partial charge in [-0.15, -0.1) is 0 Å². The summed E-state index contributed by atoms with van der Waals surface area (Å²) in [5.41, 5.74) is 6.71.